The fourth-order valence-corrected chi connectivity index (χ4v) is 6.60. The highest BCUT2D eigenvalue weighted by Gasteiger charge is 2.48. The molecule has 0 bridgehead atoms. The van der Waals surface area contributed by atoms with Gasteiger partial charge in [-0.25, -0.2) is 8.42 Å². The Hall–Kier alpha value is -3.08. The standard InChI is InChI=1S/C26H29ClN2O7S/c1-29-11-9-19(15-29)36-23-13-18(5-6-20(23)27)28-37(30,31)26(10-8-21(32-2)25(14-26)33-3)17-4-7-22-24(12-17)35-16-34-22/h4-8,10,12-13,19,28H,9,11,14-16H2,1-3H3/t19-,26?/m1/s1. The van der Waals surface area contributed by atoms with Crippen LogP contribution in [-0.2, 0) is 24.2 Å². The van der Waals surface area contributed by atoms with Crippen molar-refractivity contribution in [2.45, 2.75) is 23.7 Å². The Morgan fingerprint density at radius 1 is 1.11 bits per heavy atom. The zero-order chi connectivity index (χ0) is 26.2. The third-order valence-corrected chi connectivity index (χ3v) is 9.13. The molecule has 198 valence electrons. The average molecular weight is 549 g/mol. The highest BCUT2D eigenvalue weighted by molar-refractivity contribution is 7.93. The number of ether oxygens (including phenoxy) is 5. The van der Waals surface area contributed by atoms with Crippen molar-refractivity contribution in [1.29, 1.82) is 0 Å². The minimum atomic E-state index is -4.12. The Kier molecular flexibility index (Phi) is 6.91. The summed E-state index contributed by atoms with van der Waals surface area (Å²) in [6.45, 7) is 1.78. The molecule has 9 nitrogen and oxygen atoms in total. The van der Waals surface area contributed by atoms with Crippen LogP contribution in [0.3, 0.4) is 0 Å². The summed E-state index contributed by atoms with van der Waals surface area (Å²) >= 11 is 6.39. The molecular weight excluding hydrogens is 520 g/mol. The van der Waals surface area contributed by atoms with Crippen LogP contribution in [-0.4, -0.2) is 60.6 Å². The van der Waals surface area contributed by atoms with Crippen LogP contribution in [0.4, 0.5) is 5.69 Å². The van der Waals surface area contributed by atoms with Gasteiger partial charge in [0.15, 0.2) is 17.3 Å². The van der Waals surface area contributed by atoms with Crippen molar-refractivity contribution in [3.8, 4) is 17.2 Å². The number of methoxy groups -OCH3 is 2. The number of likely N-dealkylation sites (tertiary alicyclic amines) is 1. The number of nitrogens with one attached hydrogen (secondary N) is 1. The number of hydrogen-bond acceptors (Lipinski definition) is 8. The number of sulfonamides is 1. The van der Waals surface area contributed by atoms with Gasteiger partial charge in [-0.15, -0.1) is 0 Å². The van der Waals surface area contributed by atoms with Gasteiger partial charge < -0.3 is 28.6 Å². The molecule has 2 aromatic carbocycles. The van der Waals surface area contributed by atoms with Gasteiger partial charge in [0.25, 0.3) is 0 Å². The predicted molar refractivity (Wildman–Crippen MR) is 140 cm³/mol. The van der Waals surface area contributed by atoms with Crippen molar-refractivity contribution >= 4 is 27.3 Å². The zero-order valence-corrected chi connectivity index (χ0v) is 22.4. The maximum Gasteiger partial charge on any atom is 0.246 e. The minimum absolute atomic E-state index is 0.00348. The molecule has 2 aliphatic heterocycles. The monoisotopic (exact) mass is 548 g/mol. The van der Waals surface area contributed by atoms with E-state index in [1.54, 1.807) is 48.6 Å². The first-order valence-electron chi connectivity index (χ1n) is 11.8. The van der Waals surface area contributed by atoms with Gasteiger partial charge in [0.1, 0.15) is 22.4 Å². The molecule has 0 amide bonds. The van der Waals surface area contributed by atoms with E-state index >= 15 is 0 Å². The normalized spacial score (nSPS) is 23.3. The predicted octanol–water partition coefficient (Wildman–Crippen LogP) is 4.25. The third kappa shape index (κ3) is 4.81. The van der Waals surface area contributed by atoms with E-state index in [9.17, 15) is 8.42 Å². The van der Waals surface area contributed by atoms with Crippen LogP contribution in [0.2, 0.25) is 5.02 Å². The Labute approximate surface area is 221 Å². The summed E-state index contributed by atoms with van der Waals surface area (Å²) in [5.41, 5.74) is 0.824. The van der Waals surface area contributed by atoms with Gasteiger partial charge in [0, 0.05) is 25.6 Å². The van der Waals surface area contributed by atoms with Gasteiger partial charge in [0.2, 0.25) is 16.8 Å². The topological polar surface area (TPSA) is 95.6 Å². The van der Waals surface area contributed by atoms with E-state index in [2.05, 4.69) is 9.62 Å². The molecule has 2 aromatic rings. The van der Waals surface area contributed by atoms with Gasteiger partial charge in [-0.2, -0.15) is 0 Å². The van der Waals surface area contributed by atoms with E-state index < -0.39 is 14.8 Å². The minimum Gasteiger partial charge on any atom is -0.497 e. The second-order valence-corrected chi connectivity index (χ2v) is 11.6. The lowest BCUT2D eigenvalue weighted by atomic mass is 9.89. The summed E-state index contributed by atoms with van der Waals surface area (Å²) in [5.74, 6) is 2.32. The average Bonchev–Trinajstić information content (AvgIpc) is 3.53. The molecule has 11 heteroatoms. The zero-order valence-electron chi connectivity index (χ0n) is 20.8. The number of allylic oxidation sites excluding steroid dienone is 2. The summed E-state index contributed by atoms with van der Waals surface area (Å²) in [5, 5.41) is 0.412. The molecule has 0 aromatic heterocycles. The van der Waals surface area contributed by atoms with E-state index in [-0.39, 0.29) is 19.3 Å². The molecule has 0 radical (unpaired) electrons. The first kappa shape index (κ1) is 25.6. The highest BCUT2D eigenvalue weighted by Crippen LogP contribution is 2.46. The lowest BCUT2D eigenvalue weighted by Crippen LogP contribution is -2.40. The smallest absolute Gasteiger partial charge is 0.246 e. The number of halogens is 1. The Balaban J connectivity index is 1.51. The molecule has 0 spiro atoms. The van der Waals surface area contributed by atoms with E-state index in [1.165, 1.54) is 14.2 Å². The number of hydrogen-bond donors (Lipinski definition) is 1. The van der Waals surface area contributed by atoms with Gasteiger partial charge >= 0.3 is 0 Å². The van der Waals surface area contributed by atoms with E-state index in [0.717, 1.165) is 19.5 Å². The molecule has 1 unspecified atom stereocenters. The second kappa shape index (κ2) is 10.00. The van der Waals surface area contributed by atoms with E-state index in [0.29, 0.717) is 45.0 Å². The fourth-order valence-electron chi connectivity index (χ4n) is 4.81. The molecule has 1 fully saturated rings. The van der Waals surface area contributed by atoms with Crippen molar-refractivity contribution in [3.05, 3.63) is 70.7 Å². The number of benzene rings is 2. The number of rotatable bonds is 8. The number of nitrogens with zero attached hydrogens (tertiary/aromatic N) is 1. The van der Waals surface area contributed by atoms with Crippen LogP contribution in [0.5, 0.6) is 17.2 Å². The lowest BCUT2D eigenvalue weighted by Gasteiger charge is -2.34. The Bertz CT molecular complexity index is 1360. The molecule has 2 heterocycles. The molecule has 2 atom stereocenters. The van der Waals surface area contributed by atoms with Crippen LogP contribution >= 0.6 is 11.6 Å². The van der Waals surface area contributed by atoms with Crippen molar-refractivity contribution in [2.24, 2.45) is 0 Å². The molecule has 5 rings (SSSR count). The fraction of sp³-hybridized carbons (Fsp3) is 0.385. The van der Waals surface area contributed by atoms with Gasteiger partial charge in [-0.05, 0) is 49.4 Å². The van der Waals surface area contributed by atoms with Crippen LogP contribution in [0, 0.1) is 0 Å². The second-order valence-electron chi connectivity index (χ2n) is 9.20. The third-order valence-electron chi connectivity index (χ3n) is 6.83. The largest absolute Gasteiger partial charge is 0.497 e. The molecule has 0 saturated carbocycles. The van der Waals surface area contributed by atoms with Gasteiger partial charge in [-0.3, -0.25) is 4.72 Å². The van der Waals surface area contributed by atoms with Gasteiger partial charge in [0.05, 0.1) is 24.9 Å². The maximum atomic E-state index is 14.2. The quantitative estimate of drug-likeness (QED) is 0.523. The number of likely N-dealkylation sites (N-methyl/N-ethyl adjacent to an activating group) is 1. The Morgan fingerprint density at radius 3 is 2.65 bits per heavy atom. The molecule has 1 saturated heterocycles. The summed E-state index contributed by atoms with van der Waals surface area (Å²) in [4.78, 5) is 2.17. The van der Waals surface area contributed by atoms with Crippen LogP contribution < -0.4 is 18.9 Å². The molecule has 1 aliphatic carbocycles. The lowest BCUT2D eigenvalue weighted by molar-refractivity contribution is 0.174. The molecule has 3 aliphatic rings. The van der Waals surface area contributed by atoms with Crippen LogP contribution in [0.1, 0.15) is 18.4 Å². The van der Waals surface area contributed by atoms with Crippen LogP contribution in [0.15, 0.2) is 60.1 Å². The van der Waals surface area contributed by atoms with Crippen molar-refractivity contribution in [3.63, 3.8) is 0 Å². The first-order valence-corrected chi connectivity index (χ1v) is 13.7. The molecule has 1 N–H and O–H groups in total. The SMILES string of the molecule is COC1=C(OC)CC(c2ccc3c(c2)OCO3)(S(=O)(=O)Nc2ccc(Cl)c(O[C@@H]3CCN(C)C3)c2)C=C1. The van der Waals surface area contributed by atoms with Crippen LogP contribution in [0.25, 0.3) is 0 Å². The van der Waals surface area contributed by atoms with E-state index in [4.69, 9.17) is 35.3 Å². The summed E-state index contributed by atoms with van der Waals surface area (Å²) < 4.78 is 57.6. The summed E-state index contributed by atoms with van der Waals surface area (Å²) in [6, 6.07) is 9.96. The highest BCUT2D eigenvalue weighted by atomic mass is 35.5. The summed E-state index contributed by atoms with van der Waals surface area (Å²) in [6.07, 6.45) is 4.07. The first-order chi connectivity index (χ1) is 17.7. The summed E-state index contributed by atoms with van der Waals surface area (Å²) in [7, 11) is 0.907. The van der Waals surface area contributed by atoms with Gasteiger partial charge in [-0.1, -0.05) is 23.7 Å². The Morgan fingerprint density at radius 2 is 1.92 bits per heavy atom. The van der Waals surface area contributed by atoms with Crippen molar-refractivity contribution < 1.29 is 32.1 Å². The number of anilines is 1. The maximum absolute atomic E-state index is 14.2. The van der Waals surface area contributed by atoms with Crippen molar-refractivity contribution in [2.75, 3.05) is 45.9 Å². The molecular formula is C26H29ClN2O7S. The number of fused-ring (bicyclic) bond motifs is 1. The molecule has 37 heavy (non-hydrogen) atoms. The van der Waals surface area contributed by atoms with E-state index in [1.807, 2.05) is 7.05 Å². The van der Waals surface area contributed by atoms with Crippen molar-refractivity contribution in [1.82, 2.24) is 4.90 Å².